The predicted octanol–water partition coefficient (Wildman–Crippen LogP) is 3.08. The first kappa shape index (κ1) is 19.5. The summed E-state index contributed by atoms with van der Waals surface area (Å²) in [5.74, 6) is 2.37. The van der Waals surface area contributed by atoms with Gasteiger partial charge in [0.05, 0.1) is 17.6 Å². The number of aromatic nitrogens is 4. The van der Waals surface area contributed by atoms with E-state index in [2.05, 4.69) is 44.1 Å². The molecule has 3 aromatic rings. The van der Waals surface area contributed by atoms with Crippen molar-refractivity contribution < 1.29 is 9.21 Å². The SMILES string of the molecule is Cc1cc2c(NC3(C)CC3)nc(C(=O)N3CCc4c(ncnc4N(C)C4CC4)C3)nc2o1. The Labute approximate surface area is 186 Å². The van der Waals surface area contributed by atoms with Crippen LogP contribution in [-0.2, 0) is 13.0 Å². The van der Waals surface area contributed by atoms with E-state index in [1.54, 1.807) is 11.2 Å². The maximum absolute atomic E-state index is 13.4. The summed E-state index contributed by atoms with van der Waals surface area (Å²) in [6.07, 6.45) is 6.91. The molecule has 0 saturated heterocycles. The van der Waals surface area contributed by atoms with Crippen molar-refractivity contribution in [2.24, 2.45) is 0 Å². The van der Waals surface area contributed by atoms with Crippen molar-refractivity contribution in [2.75, 3.05) is 23.8 Å². The fraction of sp³-hybridized carbons (Fsp3) is 0.522. The molecule has 32 heavy (non-hydrogen) atoms. The van der Waals surface area contributed by atoms with Crippen LogP contribution in [0.25, 0.3) is 11.1 Å². The molecule has 3 aromatic heterocycles. The molecule has 2 fully saturated rings. The molecular weight excluding hydrogens is 406 g/mol. The first-order valence-corrected chi connectivity index (χ1v) is 11.3. The number of fused-ring (bicyclic) bond motifs is 2. The molecule has 4 heterocycles. The van der Waals surface area contributed by atoms with E-state index in [1.165, 1.54) is 12.8 Å². The van der Waals surface area contributed by atoms with E-state index in [9.17, 15) is 4.79 Å². The topological polar surface area (TPSA) is 100 Å². The van der Waals surface area contributed by atoms with Gasteiger partial charge in [0.2, 0.25) is 11.5 Å². The van der Waals surface area contributed by atoms with Gasteiger partial charge in [-0.25, -0.2) is 15.0 Å². The predicted molar refractivity (Wildman–Crippen MR) is 120 cm³/mol. The van der Waals surface area contributed by atoms with Gasteiger partial charge in [0, 0.05) is 30.7 Å². The molecule has 0 atom stereocenters. The van der Waals surface area contributed by atoms with Crippen molar-refractivity contribution in [2.45, 2.75) is 64.1 Å². The lowest BCUT2D eigenvalue weighted by Gasteiger charge is -2.30. The van der Waals surface area contributed by atoms with Crippen LogP contribution in [0.4, 0.5) is 11.6 Å². The molecular formula is C23H27N7O2. The number of furan rings is 1. The summed E-state index contributed by atoms with van der Waals surface area (Å²) < 4.78 is 5.76. The van der Waals surface area contributed by atoms with Gasteiger partial charge in [0.1, 0.15) is 23.7 Å². The van der Waals surface area contributed by atoms with Gasteiger partial charge >= 0.3 is 0 Å². The van der Waals surface area contributed by atoms with Crippen LogP contribution in [0.5, 0.6) is 0 Å². The minimum atomic E-state index is -0.202. The number of carbonyl (C=O) groups excluding carboxylic acids is 1. The number of nitrogens with zero attached hydrogens (tertiary/aromatic N) is 6. The second kappa shape index (κ2) is 6.88. The number of amides is 1. The Hall–Kier alpha value is -3.23. The van der Waals surface area contributed by atoms with Gasteiger partial charge in [0.15, 0.2) is 0 Å². The minimum absolute atomic E-state index is 0.0255. The summed E-state index contributed by atoms with van der Waals surface area (Å²) in [4.78, 5) is 35.6. The van der Waals surface area contributed by atoms with Gasteiger partial charge in [-0.05, 0) is 52.0 Å². The van der Waals surface area contributed by atoms with E-state index in [0.717, 1.165) is 47.5 Å². The maximum atomic E-state index is 13.4. The number of rotatable bonds is 5. The maximum Gasteiger partial charge on any atom is 0.292 e. The number of aryl methyl sites for hydroxylation is 1. The van der Waals surface area contributed by atoms with Crippen molar-refractivity contribution in [3.8, 4) is 0 Å². The van der Waals surface area contributed by atoms with E-state index < -0.39 is 0 Å². The molecule has 3 aliphatic rings. The standard InChI is InChI=1S/C23H27N7O2/c1-13-10-16-18(28-23(2)7-8-23)26-19(27-21(16)32-13)22(31)30-9-6-15-17(11-30)24-12-25-20(15)29(3)14-4-5-14/h10,12,14H,4-9,11H2,1-3H3,(H,26,27,28). The Morgan fingerprint density at radius 2 is 2.09 bits per heavy atom. The van der Waals surface area contributed by atoms with Gasteiger partial charge in [-0.1, -0.05) is 0 Å². The van der Waals surface area contributed by atoms with Crippen molar-refractivity contribution in [3.05, 3.63) is 35.2 Å². The molecule has 1 amide bonds. The van der Waals surface area contributed by atoms with Crippen molar-refractivity contribution in [1.29, 1.82) is 0 Å². The Bertz CT molecular complexity index is 1230. The summed E-state index contributed by atoms with van der Waals surface area (Å²) in [6.45, 7) is 5.06. The van der Waals surface area contributed by atoms with Crippen LogP contribution in [0.2, 0.25) is 0 Å². The number of hydrogen-bond acceptors (Lipinski definition) is 8. The molecule has 166 valence electrons. The van der Waals surface area contributed by atoms with Crippen LogP contribution in [0, 0.1) is 6.92 Å². The number of nitrogens with one attached hydrogen (secondary N) is 1. The summed E-state index contributed by atoms with van der Waals surface area (Å²) in [6, 6.07) is 2.49. The van der Waals surface area contributed by atoms with Crippen LogP contribution >= 0.6 is 0 Å². The molecule has 0 radical (unpaired) electrons. The van der Waals surface area contributed by atoms with Crippen LogP contribution in [0.1, 0.15) is 60.2 Å². The first-order valence-electron chi connectivity index (χ1n) is 11.3. The highest BCUT2D eigenvalue weighted by molar-refractivity contribution is 5.95. The van der Waals surface area contributed by atoms with E-state index in [0.29, 0.717) is 30.7 Å². The van der Waals surface area contributed by atoms with E-state index in [4.69, 9.17) is 4.42 Å². The van der Waals surface area contributed by atoms with Crippen molar-refractivity contribution >= 4 is 28.6 Å². The molecule has 9 nitrogen and oxygen atoms in total. The van der Waals surface area contributed by atoms with Gasteiger partial charge in [-0.3, -0.25) is 4.79 Å². The van der Waals surface area contributed by atoms with E-state index >= 15 is 0 Å². The third kappa shape index (κ3) is 3.36. The van der Waals surface area contributed by atoms with E-state index in [-0.39, 0.29) is 17.3 Å². The summed E-state index contributed by atoms with van der Waals surface area (Å²) in [5, 5.41) is 4.31. The average molecular weight is 434 g/mol. The molecule has 0 bridgehead atoms. The second-order valence-corrected chi connectivity index (χ2v) is 9.60. The molecule has 1 aliphatic heterocycles. The zero-order valence-electron chi connectivity index (χ0n) is 18.7. The Morgan fingerprint density at radius 1 is 1.28 bits per heavy atom. The van der Waals surface area contributed by atoms with Gasteiger partial charge in [0.25, 0.3) is 5.91 Å². The molecule has 9 heteroatoms. The lowest BCUT2D eigenvalue weighted by molar-refractivity contribution is 0.0719. The van der Waals surface area contributed by atoms with Crippen LogP contribution < -0.4 is 10.2 Å². The smallest absolute Gasteiger partial charge is 0.292 e. The zero-order chi connectivity index (χ0) is 22.0. The quantitative estimate of drug-likeness (QED) is 0.655. The van der Waals surface area contributed by atoms with Crippen molar-refractivity contribution in [1.82, 2.24) is 24.8 Å². The first-order chi connectivity index (χ1) is 15.4. The van der Waals surface area contributed by atoms with Crippen LogP contribution in [0.3, 0.4) is 0 Å². The Morgan fingerprint density at radius 3 is 2.84 bits per heavy atom. The van der Waals surface area contributed by atoms with Gasteiger partial charge < -0.3 is 19.5 Å². The minimum Gasteiger partial charge on any atom is -0.443 e. The second-order valence-electron chi connectivity index (χ2n) is 9.60. The highest BCUT2D eigenvalue weighted by atomic mass is 16.3. The lowest BCUT2D eigenvalue weighted by atomic mass is 10.0. The summed E-state index contributed by atoms with van der Waals surface area (Å²) >= 11 is 0. The normalized spacial score (nSPS) is 19.0. The monoisotopic (exact) mass is 433 g/mol. The van der Waals surface area contributed by atoms with Crippen LogP contribution in [-0.4, -0.2) is 55.9 Å². The molecule has 2 aliphatic carbocycles. The highest BCUT2D eigenvalue weighted by Gasteiger charge is 2.38. The largest absolute Gasteiger partial charge is 0.443 e. The van der Waals surface area contributed by atoms with Gasteiger partial charge in [-0.15, -0.1) is 0 Å². The molecule has 0 spiro atoms. The molecule has 0 unspecified atom stereocenters. The fourth-order valence-electron chi connectivity index (χ4n) is 4.42. The summed E-state index contributed by atoms with van der Waals surface area (Å²) in [5.41, 5.74) is 2.52. The molecule has 1 N–H and O–H groups in total. The number of carbonyl (C=O) groups is 1. The lowest BCUT2D eigenvalue weighted by Crippen LogP contribution is -2.38. The summed E-state index contributed by atoms with van der Waals surface area (Å²) in [7, 11) is 2.10. The van der Waals surface area contributed by atoms with E-state index in [1.807, 2.05) is 13.0 Å². The number of anilines is 2. The molecule has 0 aromatic carbocycles. The third-order valence-corrected chi connectivity index (χ3v) is 6.83. The van der Waals surface area contributed by atoms with Crippen molar-refractivity contribution in [3.63, 3.8) is 0 Å². The zero-order valence-corrected chi connectivity index (χ0v) is 18.7. The average Bonchev–Trinajstić information content (AvgIpc) is 3.71. The third-order valence-electron chi connectivity index (χ3n) is 6.83. The van der Waals surface area contributed by atoms with Gasteiger partial charge in [-0.2, -0.15) is 4.98 Å². The highest BCUT2D eigenvalue weighted by Crippen LogP contribution is 2.39. The molecule has 2 saturated carbocycles. The Balaban J connectivity index is 1.30. The Kier molecular flexibility index (Phi) is 4.18. The van der Waals surface area contributed by atoms with Crippen LogP contribution in [0.15, 0.2) is 16.8 Å². The number of hydrogen-bond donors (Lipinski definition) is 1. The fourth-order valence-corrected chi connectivity index (χ4v) is 4.42. The molecule has 6 rings (SSSR count).